The van der Waals surface area contributed by atoms with Gasteiger partial charge in [-0.05, 0) is 75.2 Å². The Morgan fingerprint density at radius 2 is 1.97 bits per heavy atom. The first-order chi connectivity index (χ1) is 17.6. The van der Waals surface area contributed by atoms with E-state index < -0.39 is 0 Å². The summed E-state index contributed by atoms with van der Waals surface area (Å²) in [6.45, 7) is 6.64. The number of amides is 1. The third-order valence-corrected chi connectivity index (χ3v) is 7.55. The quantitative estimate of drug-likeness (QED) is 0.360. The van der Waals surface area contributed by atoms with E-state index in [0.29, 0.717) is 13.0 Å². The topological polar surface area (TPSA) is 92.9 Å². The number of carbonyl (C=O) groups excluding carboxylic acids is 1. The van der Waals surface area contributed by atoms with Crippen molar-refractivity contribution in [2.24, 2.45) is 0 Å². The Morgan fingerprint density at radius 1 is 1.08 bits per heavy atom. The Balaban J connectivity index is 1.14. The van der Waals surface area contributed by atoms with Crippen molar-refractivity contribution in [3.63, 3.8) is 0 Å². The zero-order valence-corrected chi connectivity index (χ0v) is 20.8. The highest BCUT2D eigenvalue weighted by Crippen LogP contribution is 2.31. The summed E-state index contributed by atoms with van der Waals surface area (Å²) >= 11 is 0. The molecule has 186 valence electrons. The maximum Gasteiger partial charge on any atom is 0.224 e. The zero-order valence-electron chi connectivity index (χ0n) is 20.8. The summed E-state index contributed by atoms with van der Waals surface area (Å²) in [5.74, 6) is 0.269. The zero-order chi connectivity index (χ0) is 24.5. The van der Waals surface area contributed by atoms with Crippen LogP contribution in [-0.2, 0) is 4.79 Å². The molecular formula is C28H33N7O. The summed E-state index contributed by atoms with van der Waals surface area (Å²) in [5.41, 5.74) is 7.22. The lowest BCUT2D eigenvalue weighted by Gasteiger charge is -2.29. The van der Waals surface area contributed by atoms with Gasteiger partial charge in [-0.15, -0.1) is 0 Å². The molecule has 0 saturated carbocycles. The molecule has 0 atom stereocenters. The van der Waals surface area contributed by atoms with Gasteiger partial charge in [0.2, 0.25) is 5.91 Å². The molecule has 8 heteroatoms. The minimum absolute atomic E-state index is 0.269. The number of pyridine rings is 1. The molecule has 6 rings (SSSR count). The van der Waals surface area contributed by atoms with Crippen LogP contribution in [-0.4, -0.2) is 68.6 Å². The van der Waals surface area contributed by atoms with Crippen LogP contribution in [0.2, 0.25) is 0 Å². The normalized spacial score (nSPS) is 17.0. The van der Waals surface area contributed by atoms with Gasteiger partial charge in [0.05, 0.1) is 11.2 Å². The van der Waals surface area contributed by atoms with Crippen LogP contribution in [0.5, 0.6) is 0 Å². The molecule has 1 amide bonds. The molecule has 1 saturated heterocycles. The van der Waals surface area contributed by atoms with E-state index >= 15 is 0 Å². The molecule has 36 heavy (non-hydrogen) atoms. The van der Waals surface area contributed by atoms with Gasteiger partial charge in [-0.1, -0.05) is 12.5 Å². The number of H-pyrrole nitrogens is 2. The smallest absolute Gasteiger partial charge is 0.224 e. The van der Waals surface area contributed by atoms with Crippen molar-refractivity contribution in [1.82, 2.24) is 30.0 Å². The number of hydrogen-bond acceptors (Lipinski definition) is 5. The molecule has 0 aliphatic carbocycles. The average Bonchev–Trinajstić information content (AvgIpc) is 3.52. The molecule has 5 heterocycles. The van der Waals surface area contributed by atoms with Crippen molar-refractivity contribution < 1.29 is 4.79 Å². The largest absolute Gasteiger partial charge is 0.355 e. The van der Waals surface area contributed by atoms with Gasteiger partial charge >= 0.3 is 0 Å². The van der Waals surface area contributed by atoms with E-state index in [1.807, 2.05) is 36.2 Å². The number of aromatic nitrogens is 4. The van der Waals surface area contributed by atoms with Gasteiger partial charge in [0, 0.05) is 60.1 Å². The van der Waals surface area contributed by atoms with Crippen LogP contribution in [0, 0.1) is 6.92 Å². The summed E-state index contributed by atoms with van der Waals surface area (Å²) in [5, 5.41) is 13.1. The van der Waals surface area contributed by atoms with E-state index in [-0.39, 0.29) is 5.91 Å². The lowest BCUT2D eigenvalue weighted by molar-refractivity contribution is -0.131. The summed E-state index contributed by atoms with van der Waals surface area (Å²) in [6.07, 6.45) is 9.34. The fourth-order valence-corrected chi connectivity index (χ4v) is 5.42. The first-order valence-electron chi connectivity index (χ1n) is 13.0. The monoisotopic (exact) mass is 483 g/mol. The van der Waals surface area contributed by atoms with Crippen molar-refractivity contribution in [2.75, 3.05) is 38.0 Å². The average molecular weight is 484 g/mol. The highest BCUT2D eigenvalue weighted by molar-refractivity contribution is 5.95. The predicted octanol–water partition coefficient (Wildman–Crippen LogP) is 4.98. The first kappa shape index (κ1) is 22.8. The summed E-state index contributed by atoms with van der Waals surface area (Å²) in [7, 11) is 0. The van der Waals surface area contributed by atoms with Crippen molar-refractivity contribution >= 4 is 44.8 Å². The minimum atomic E-state index is 0.269. The Kier molecular flexibility index (Phi) is 6.19. The molecule has 0 spiro atoms. The molecule has 0 radical (unpaired) electrons. The van der Waals surface area contributed by atoms with Crippen LogP contribution < -0.4 is 5.32 Å². The number of likely N-dealkylation sites (tertiary alicyclic amines) is 1. The van der Waals surface area contributed by atoms with Crippen molar-refractivity contribution in [2.45, 2.75) is 39.0 Å². The fourth-order valence-electron chi connectivity index (χ4n) is 5.42. The standard InChI is InChI=1S/C28H33N7O/c1-19-22-17-21(5-6-25(22)33-32-19)30-24-7-11-29-28-23(24)18-26(31-28)20-8-15-35(16-9-20)27(36)10-14-34-12-3-2-4-13-34/h5-8,11,17-18H,2-4,9-10,12-16H2,1H3,(H,32,33)(H2,29,30,31). The minimum Gasteiger partial charge on any atom is -0.355 e. The number of fused-ring (bicyclic) bond motifs is 2. The molecule has 2 aliphatic heterocycles. The fraction of sp³-hybridized carbons (Fsp3) is 0.393. The SMILES string of the molecule is Cc1[nH]nc2ccc(Nc3ccnc4[nH]c(C5=CCN(C(=O)CCN6CCCCC6)CC5)cc34)cc12. The summed E-state index contributed by atoms with van der Waals surface area (Å²) < 4.78 is 0. The summed E-state index contributed by atoms with van der Waals surface area (Å²) in [6, 6.07) is 10.4. The van der Waals surface area contributed by atoms with Crippen LogP contribution >= 0.6 is 0 Å². The number of nitrogens with one attached hydrogen (secondary N) is 3. The molecule has 1 aromatic carbocycles. The Morgan fingerprint density at radius 3 is 2.81 bits per heavy atom. The lowest BCUT2D eigenvalue weighted by Crippen LogP contribution is -2.38. The van der Waals surface area contributed by atoms with Gasteiger partial charge in [0.25, 0.3) is 0 Å². The second-order valence-electron chi connectivity index (χ2n) is 9.98. The number of piperidine rings is 1. The van der Waals surface area contributed by atoms with E-state index in [1.165, 1.54) is 24.8 Å². The van der Waals surface area contributed by atoms with Crippen LogP contribution in [0.25, 0.3) is 27.5 Å². The van der Waals surface area contributed by atoms with Crippen molar-refractivity contribution in [3.05, 3.63) is 54.0 Å². The number of anilines is 2. The summed E-state index contributed by atoms with van der Waals surface area (Å²) in [4.78, 5) is 25.3. The van der Waals surface area contributed by atoms with E-state index in [0.717, 1.165) is 77.3 Å². The van der Waals surface area contributed by atoms with Gasteiger partial charge < -0.3 is 20.1 Å². The number of aryl methyl sites for hydroxylation is 1. The van der Waals surface area contributed by atoms with Crippen LogP contribution in [0.1, 0.15) is 43.5 Å². The van der Waals surface area contributed by atoms with Crippen LogP contribution in [0.3, 0.4) is 0 Å². The van der Waals surface area contributed by atoms with Crippen molar-refractivity contribution in [1.29, 1.82) is 0 Å². The molecular weight excluding hydrogens is 450 g/mol. The molecule has 8 nitrogen and oxygen atoms in total. The molecule has 1 fully saturated rings. The number of benzene rings is 1. The van der Waals surface area contributed by atoms with Gasteiger partial charge in [-0.25, -0.2) is 4.98 Å². The third kappa shape index (κ3) is 4.60. The van der Waals surface area contributed by atoms with Crippen molar-refractivity contribution in [3.8, 4) is 0 Å². The Hall–Kier alpha value is -3.65. The first-order valence-corrected chi connectivity index (χ1v) is 13.0. The molecule has 3 N–H and O–H groups in total. The second kappa shape index (κ2) is 9.78. The lowest BCUT2D eigenvalue weighted by atomic mass is 10.0. The highest BCUT2D eigenvalue weighted by Gasteiger charge is 2.20. The predicted molar refractivity (Wildman–Crippen MR) is 144 cm³/mol. The van der Waals surface area contributed by atoms with Crippen LogP contribution in [0.15, 0.2) is 42.6 Å². The van der Waals surface area contributed by atoms with E-state index in [2.05, 4.69) is 48.6 Å². The van der Waals surface area contributed by atoms with Gasteiger partial charge in [-0.2, -0.15) is 5.10 Å². The molecule has 2 aliphatic rings. The number of hydrogen-bond donors (Lipinski definition) is 3. The molecule has 0 unspecified atom stereocenters. The van der Waals surface area contributed by atoms with Gasteiger partial charge in [0.1, 0.15) is 5.65 Å². The Bertz CT molecular complexity index is 1430. The maximum absolute atomic E-state index is 12.8. The van der Waals surface area contributed by atoms with Gasteiger partial charge in [-0.3, -0.25) is 9.89 Å². The second-order valence-corrected chi connectivity index (χ2v) is 9.98. The number of nitrogens with zero attached hydrogens (tertiary/aromatic N) is 4. The van der Waals surface area contributed by atoms with Gasteiger partial charge in [0.15, 0.2) is 0 Å². The van der Waals surface area contributed by atoms with E-state index in [9.17, 15) is 4.79 Å². The maximum atomic E-state index is 12.8. The number of carbonyl (C=O) groups is 1. The molecule has 3 aromatic heterocycles. The molecule has 0 bridgehead atoms. The number of rotatable bonds is 6. The number of aromatic amines is 2. The van der Waals surface area contributed by atoms with Crippen LogP contribution in [0.4, 0.5) is 11.4 Å². The third-order valence-electron chi connectivity index (χ3n) is 7.55. The Labute approximate surface area is 210 Å². The highest BCUT2D eigenvalue weighted by atomic mass is 16.2. The van der Waals surface area contributed by atoms with E-state index in [1.54, 1.807) is 0 Å². The molecule has 4 aromatic rings. The van der Waals surface area contributed by atoms with E-state index in [4.69, 9.17) is 0 Å².